The molecule has 0 aromatic rings. The van der Waals surface area contributed by atoms with Gasteiger partial charge >= 0.3 is 0 Å². The minimum atomic E-state index is 0.346. The van der Waals surface area contributed by atoms with E-state index in [1.54, 1.807) is 0 Å². The molecule has 0 unspecified atom stereocenters. The van der Waals surface area contributed by atoms with Crippen LogP contribution in [-0.4, -0.2) is 15.1 Å². The SMILES string of the molecule is C#CCCC[C@]1(I)C[C@@H]1CO. The van der Waals surface area contributed by atoms with Crippen molar-refractivity contribution < 1.29 is 5.11 Å². The Kier molecular flexibility index (Phi) is 3.20. The summed E-state index contributed by atoms with van der Waals surface area (Å²) < 4.78 is 0.392. The second kappa shape index (κ2) is 3.77. The van der Waals surface area contributed by atoms with Crippen LogP contribution >= 0.6 is 22.6 Å². The number of hydrogen-bond donors (Lipinski definition) is 1. The van der Waals surface area contributed by atoms with Gasteiger partial charge in [0.05, 0.1) is 0 Å². The van der Waals surface area contributed by atoms with Gasteiger partial charge in [-0.2, -0.15) is 0 Å². The van der Waals surface area contributed by atoms with E-state index in [2.05, 4.69) is 28.5 Å². The summed E-state index contributed by atoms with van der Waals surface area (Å²) in [5.41, 5.74) is 0. The van der Waals surface area contributed by atoms with Gasteiger partial charge in [0.1, 0.15) is 0 Å². The van der Waals surface area contributed by atoms with Gasteiger partial charge in [-0.3, -0.25) is 0 Å². The Morgan fingerprint density at radius 2 is 2.45 bits per heavy atom. The topological polar surface area (TPSA) is 20.2 Å². The summed E-state index contributed by atoms with van der Waals surface area (Å²) in [5.74, 6) is 3.18. The molecule has 1 nitrogen and oxygen atoms in total. The standard InChI is InChI=1S/C9H13IO/c1-2-3-4-5-9(10)6-8(9)7-11/h1,8,11H,3-7H2/t8-,9+/m1/s1. The number of unbranched alkanes of at least 4 members (excludes halogenated alkanes) is 1. The number of aliphatic hydroxyl groups excluding tert-OH is 1. The van der Waals surface area contributed by atoms with Crippen LogP contribution in [0.15, 0.2) is 0 Å². The molecule has 1 aliphatic carbocycles. The highest BCUT2D eigenvalue weighted by atomic mass is 127. The first-order chi connectivity index (χ1) is 5.23. The molecule has 0 aliphatic heterocycles. The molecule has 2 atom stereocenters. The Balaban J connectivity index is 2.14. The smallest absolute Gasteiger partial charge is 0.0472 e. The Morgan fingerprint density at radius 3 is 2.91 bits per heavy atom. The summed E-state index contributed by atoms with van der Waals surface area (Å²) in [6.45, 7) is 0.346. The van der Waals surface area contributed by atoms with Gasteiger partial charge in [-0.1, -0.05) is 22.6 Å². The van der Waals surface area contributed by atoms with E-state index < -0.39 is 0 Å². The summed E-state index contributed by atoms with van der Waals surface area (Å²) >= 11 is 2.46. The van der Waals surface area contributed by atoms with Gasteiger partial charge in [0, 0.05) is 16.4 Å². The van der Waals surface area contributed by atoms with Crippen molar-refractivity contribution >= 4 is 22.6 Å². The number of rotatable bonds is 4. The number of aliphatic hydroxyl groups is 1. The second-order valence-electron chi connectivity index (χ2n) is 3.18. The maximum atomic E-state index is 8.85. The van der Waals surface area contributed by atoms with Crippen molar-refractivity contribution in [2.45, 2.75) is 29.1 Å². The summed E-state index contributed by atoms with van der Waals surface area (Å²) in [4.78, 5) is 0. The molecule has 0 aromatic carbocycles. The first kappa shape index (κ1) is 9.34. The fourth-order valence-corrected chi connectivity index (χ4v) is 2.48. The third kappa shape index (κ3) is 2.34. The lowest BCUT2D eigenvalue weighted by Crippen LogP contribution is -2.03. The highest BCUT2D eigenvalue weighted by molar-refractivity contribution is 14.1. The number of hydrogen-bond acceptors (Lipinski definition) is 1. The second-order valence-corrected chi connectivity index (χ2v) is 5.32. The largest absolute Gasteiger partial charge is 0.396 e. The molecule has 1 saturated carbocycles. The van der Waals surface area contributed by atoms with Crippen LogP contribution < -0.4 is 0 Å². The van der Waals surface area contributed by atoms with Gasteiger partial charge in [0.15, 0.2) is 0 Å². The van der Waals surface area contributed by atoms with Crippen molar-refractivity contribution in [2.24, 2.45) is 5.92 Å². The number of halogens is 1. The molecule has 1 aliphatic rings. The first-order valence-electron chi connectivity index (χ1n) is 3.96. The van der Waals surface area contributed by atoms with E-state index in [4.69, 9.17) is 11.5 Å². The van der Waals surface area contributed by atoms with Crippen LogP contribution in [0, 0.1) is 18.3 Å². The average molecular weight is 264 g/mol. The predicted molar refractivity (Wildman–Crippen MR) is 54.6 cm³/mol. The lowest BCUT2D eigenvalue weighted by atomic mass is 10.1. The zero-order chi connectivity index (χ0) is 8.32. The monoisotopic (exact) mass is 264 g/mol. The summed E-state index contributed by atoms with van der Waals surface area (Å²) in [7, 11) is 0. The molecule has 11 heavy (non-hydrogen) atoms. The van der Waals surface area contributed by atoms with Crippen LogP contribution in [0.2, 0.25) is 0 Å². The summed E-state index contributed by atoms with van der Waals surface area (Å²) in [5, 5.41) is 8.85. The Hall–Kier alpha value is 0.250. The van der Waals surface area contributed by atoms with Crippen LogP contribution in [-0.2, 0) is 0 Å². The van der Waals surface area contributed by atoms with Gasteiger partial charge in [-0.15, -0.1) is 12.3 Å². The van der Waals surface area contributed by atoms with Crippen LogP contribution in [0.25, 0.3) is 0 Å². The van der Waals surface area contributed by atoms with E-state index in [1.165, 1.54) is 12.8 Å². The predicted octanol–water partition coefficient (Wildman–Crippen LogP) is 1.98. The van der Waals surface area contributed by atoms with Crippen molar-refractivity contribution in [1.82, 2.24) is 0 Å². The van der Waals surface area contributed by atoms with E-state index in [1.807, 2.05) is 0 Å². The summed E-state index contributed by atoms with van der Waals surface area (Å²) in [6, 6.07) is 0. The average Bonchev–Trinajstić information content (AvgIpc) is 2.63. The van der Waals surface area contributed by atoms with E-state index in [0.717, 1.165) is 12.8 Å². The van der Waals surface area contributed by atoms with Crippen LogP contribution in [0.3, 0.4) is 0 Å². The molecule has 0 radical (unpaired) electrons. The van der Waals surface area contributed by atoms with Gasteiger partial charge in [-0.25, -0.2) is 0 Å². The molecule has 0 spiro atoms. The minimum Gasteiger partial charge on any atom is -0.396 e. The van der Waals surface area contributed by atoms with E-state index in [9.17, 15) is 0 Å². The third-order valence-electron chi connectivity index (χ3n) is 2.29. The highest BCUT2D eigenvalue weighted by Crippen LogP contribution is 2.54. The zero-order valence-corrected chi connectivity index (χ0v) is 8.67. The maximum absolute atomic E-state index is 8.85. The molecule has 0 saturated heterocycles. The Bertz CT molecular complexity index is 173. The molecule has 1 N–H and O–H groups in total. The van der Waals surface area contributed by atoms with E-state index >= 15 is 0 Å². The Labute approximate surface area is 81.7 Å². The third-order valence-corrected chi connectivity index (χ3v) is 4.15. The fraction of sp³-hybridized carbons (Fsp3) is 0.778. The van der Waals surface area contributed by atoms with Crippen LogP contribution in [0.5, 0.6) is 0 Å². The minimum absolute atomic E-state index is 0.346. The molecule has 0 amide bonds. The molecule has 0 aromatic heterocycles. The summed E-state index contributed by atoms with van der Waals surface area (Å²) in [6.07, 6.45) is 9.47. The highest BCUT2D eigenvalue weighted by Gasteiger charge is 2.50. The van der Waals surface area contributed by atoms with E-state index in [-0.39, 0.29) is 0 Å². The quantitative estimate of drug-likeness (QED) is 0.356. The molecule has 62 valence electrons. The van der Waals surface area contributed by atoms with Crippen LogP contribution in [0.1, 0.15) is 25.7 Å². The van der Waals surface area contributed by atoms with E-state index in [0.29, 0.717) is 15.9 Å². The zero-order valence-electron chi connectivity index (χ0n) is 6.52. The molecular weight excluding hydrogens is 251 g/mol. The van der Waals surface area contributed by atoms with Gasteiger partial charge in [0.2, 0.25) is 0 Å². The van der Waals surface area contributed by atoms with Gasteiger partial charge in [0.25, 0.3) is 0 Å². The fourth-order valence-electron chi connectivity index (χ4n) is 1.37. The number of terminal acetylenes is 1. The van der Waals surface area contributed by atoms with Gasteiger partial charge in [-0.05, 0) is 25.2 Å². The van der Waals surface area contributed by atoms with Crippen molar-refractivity contribution in [3.63, 3.8) is 0 Å². The van der Waals surface area contributed by atoms with Crippen molar-refractivity contribution in [3.8, 4) is 12.3 Å². The van der Waals surface area contributed by atoms with Crippen molar-refractivity contribution in [2.75, 3.05) is 6.61 Å². The van der Waals surface area contributed by atoms with Gasteiger partial charge < -0.3 is 5.11 Å². The number of alkyl halides is 1. The molecule has 0 heterocycles. The molecule has 1 rings (SSSR count). The molecule has 0 bridgehead atoms. The van der Waals surface area contributed by atoms with Crippen LogP contribution in [0.4, 0.5) is 0 Å². The Morgan fingerprint density at radius 1 is 1.73 bits per heavy atom. The normalized spacial score (nSPS) is 34.8. The van der Waals surface area contributed by atoms with Crippen molar-refractivity contribution in [3.05, 3.63) is 0 Å². The first-order valence-corrected chi connectivity index (χ1v) is 5.04. The van der Waals surface area contributed by atoms with Crippen molar-refractivity contribution in [1.29, 1.82) is 0 Å². The lowest BCUT2D eigenvalue weighted by molar-refractivity contribution is 0.271. The molecular formula is C9H13IO. The molecule has 2 heteroatoms. The lowest BCUT2D eigenvalue weighted by Gasteiger charge is -2.05. The maximum Gasteiger partial charge on any atom is 0.0472 e. The molecule has 1 fully saturated rings.